The van der Waals surface area contributed by atoms with Crippen LogP contribution in [0.25, 0.3) is 16.4 Å². The van der Waals surface area contributed by atoms with Crippen LogP contribution in [0.5, 0.6) is 0 Å². The number of benzene rings is 1. The fourth-order valence-corrected chi connectivity index (χ4v) is 2.94. The van der Waals surface area contributed by atoms with Gasteiger partial charge in [-0.3, -0.25) is 0 Å². The van der Waals surface area contributed by atoms with E-state index in [-0.39, 0.29) is 5.69 Å². The molecule has 1 N–H and O–H groups in total. The van der Waals surface area contributed by atoms with Gasteiger partial charge in [0.25, 0.3) is 0 Å². The first-order valence-electron chi connectivity index (χ1n) is 5.65. The average molecular weight is 350 g/mol. The lowest BCUT2D eigenvalue weighted by molar-refractivity contribution is 0.0691. The number of hydrogen-bond donors (Lipinski definition) is 1. The molecule has 3 rings (SSSR count). The summed E-state index contributed by atoms with van der Waals surface area (Å²) in [6.45, 7) is 0. The van der Waals surface area contributed by atoms with E-state index in [0.717, 1.165) is 15.7 Å². The first-order chi connectivity index (χ1) is 9.65. The summed E-state index contributed by atoms with van der Waals surface area (Å²) in [5.41, 5.74) is 1.80. The van der Waals surface area contributed by atoms with Gasteiger partial charge >= 0.3 is 5.97 Å². The zero-order chi connectivity index (χ0) is 14.1. The number of carboxylic acid groups (broad SMARTS) is 1. The Morgan fingerprint density at radius 3 is 2.70 bits per heavy atom. The zero-order valence-electron chi connectivity index (χ0n) is 10.0. The molecule has 20 heavy (non-hydrogen) atoms. The molecule has 0 unspecified atom stereocenters. The van der Waals surface area contributed by atoms with Gasteiger partial charge in [-0.05, 0) is 15.9 Å². The van der Waals surface area contributed by atoms with Gasteiger partial charge in [-0.1, -0.05) is 30.3 Å². The molecular formula is C13H8BrN3O2S. The molecule has 0 bridgehead atoms. The summed E-state index contributed by atoms with van der Waals surface area (Å²) in [6.07, 6.45) is 1.77. The number of rotatable bonds is 3. The van der Waals surface area contributed by atoms with E-state index in [9.17, 15) is 4.79 Å². The normalized spacial score (nSPS) is 10.7. The predicted octanol–water partition coefficient (Wildman–Crippen LogP) is 3.46. The van der Waals surface area contributed by atoms with Crippen molar-refractivity contribution in [1.29, 1.82) is 0 Å². The fraction of sp³-hybridized carbons (Fsp3) is 0. The fourth-order valence-electron chi connectivity index (χ4n) is 1.71. The monoisotopic (exact) mass is 349 g/mol. The van der Waals surface area contributed by atoms with Gasteiger partial charge in [-0.15, -0.1) is 11.3 Å². The van der Waals surface area contributed by atoms with Crippen molar-refractivity contribution in [2.24, 2.45) is 0 Å². The maximum atomic E-state index is 10.8. The van der Waals surface area contributed by atoms with Gasteiger partial charge in [0.15, 0.2) is 5.69 Å². The summed E-state index contributed by atoms with van der Waals surface area (Å²) in [5, 5.41) is 15.4. The number of thiazole rings is 1. The second kappa shape index (κ2) is 5.18. The van der Waals surface area contributed by atoms with Crippen molar-refractivity contribution in [3.63, 3.8) is 0 Å². The molecule has 0 aliphatic carbocycles. The highest BCUT2D eigenvalue weighted by Crippen LogP contribution is 2.28. The Labute approximate surface area is 126 Å². The van der Waals surface area contributed by atoms with Gasteiger partial charge < -0.3 is 5.11 Å². The number of carboxylic acids is 1. The molecule has 0 saturated heterocycles. The summed E-state index contributed by atoms with van der Waals surface area (Å²) < 4.78 is 2.40. The minimum absolute atomic E-state index is 0.0258. The Morgan fingerprint density at radius 1 is 1.30 bits per heavy atom. The van der Waals surface area contributed by atoms with Crippen LogP contribution in [-0.2, 0) is 0 Å². The molecule has 3 aromatic rings. The molecule has 1 aromatic carbocycles. The molecule has 0 radical (unpaired) electrons. The molecule has 0 saturated carbocycles. The Hall–Kier alpha value is -1.99. The van der Waals surface area contributed by atoms with Crippen LogP contribution < -0.4 is 0 Å². The van der Waals surface area contributed by atoms with Gasteiger partial charge in [0.2, 0.25) is 5.13 Å². The second-order valence-corrected chi connectivity index (χ2v) is 5.65. The van der Waals surface area contributed by atoms with Crippen molar-refractivity contribution in [2.45, 2.75) is 0 Å². The average Bonchev–Trinajstić information content (AvgIpc) is 3.06. The standard InChI is InChI=1S/C13H8BrN3O2S/c14-9-6-17(13-15-10(7-20-13)12(18)19)16-11(9)8-4-2-1-3-5-8/h1-7H,(H,18,19). The topological polar surface area (TPSA) is 68.0 Å². The quantitative estimate of drug-likeness (QED) is 0.786. The molecule has 0 amide bonds. The van der Waals surface area contributed by atoms with E-state index in [1.165, 1.54) is 16.7 Å². The van der Waals surface area contributed by atoms with Crippen LogP contribution in [0.3, 0.4) is 0 Å². The molecule has 100 valence electrons. The van der Waals surface area contributed by atoms with Crippen LogP contribution in [0.4, 0.5) is 0 Å². The third-order valence-corrected chi connectivity index (χ3v) is 4.03. The smallest absolute Gasteiger partial charge is 0.355 e. The minimum atomic E-state index is -1.04. The van der Waals surface area contributed by atoms with Crippen LogP contribution in [0.2, 0.25) is 0 Å². The van der Waals surface area contributed by atoms with Crippen LogP contribution in [0.15, 0.2) is 46.4 Å². The lowest BCUT2D eigenvalue weighted by Gasteiger charge is -1.96. The first kappa shape index (κ1) is 13.0. The summed E-state index contributed by atoms with van der Waals surface area (Å²) in [4.78, 5) is 14.9. The first-order valence-corrected chi connectivity index (χ1v) is 7.32. The van der Waals surface area contributed by atoms with E-state index in [1.54, 1.807) is 10.9 Å². The molecule has 7 heteroatoms. The molecule has 0 atom stereocenters. The van der Waals surface area contributed by atoms with E-state index < -0.39 is 5.97 Å². The lowest BCUT2D eigenvalue weighted by atomic mass is 10.2. The van der Waals surface area contributed by atoms with Gasteiger partial charge in [0.05, 0.1) is 4.47 Å². The SMILES string of the molecule is O=C(O)c1csc(-n2cc(Br)c(-c3ccccc3)n2)n1. The zero-order valence-corrected chi connectivity index (χ0v) is 12.4. The lowest BCUT2D eigenvalue weighted by Crippen LogP contribution is -1.99. The number of carbonyl (C=O) groups is 1. The Kier molecular flexibility index (Phi) is 3.37. The number of hydrogen-bond acceptors (Lipinski definition) is 4. The van der Waals surface area contributed by atoms with Crippen molar-refractivity contribution in [1.82, 2.24) is 14.8 Å². The third kappa shape index (κ3) is 2.37. The van der Waals surface area contributed by atoms with Crippen LogP contribution in [-0.4, -0.2) is 25.8 Å². The van der Waals surface area contributed by atoms with Gasteiger partial charge in [-0.2, -0.15) is 5.10 Å². The molecule has 0 fully saturated rings. The summed E-state index contributed by atoms with van der Waals surface area (Å²) in [6, 6.07) is 9.73. The summed E-state index contributed by atoms with van der Waals surface area (Å²) in [5.74, 6) is -1.04. The van der Waals surface area contributed by atoms with Crippen molar-refractivity contribution >= 4 is 33.2 Å². The Morgan fingerprint density at radius 2 is 2.05 bits per heavy atom. The molecule has 0 spiro atoms. The molecule has 2 aromatic heterocycles. The molecule has 5 nitrogen and oxygen atoms in total. The van der Waals surface area contributed by atoms with Gasteiger partial charge in [0, 0.05) is 17.1 Å². The number of aromatic carboxylic acids is 1. The van der Waals surface area contributed by atoms with Crippen LogP contribution in [0, 0.1) is 0 Å². The van der Waals surface area contributed by atoms with Crippen LogP contribution in [0.1, 0.15) is 10.5 Å². The van der Waals surface area contributed by atoms with Crippen molar-refractivity contribution < 1.29 is 9.90 Å². The van der Waals surface area contributed by atoms with Crippen molar-refractivity contribution in [3.8, 4) is 16.4 Å². The summed E-state index contributed by atoms with van der Waals surface area (Å²) in [7, 11) is 0. The van der Waals surface area contributed by atoms with Crippen molar-refractivity contribution in [2.75, 3.05) is 0 Å². The van der Waals surface area contributed by atoms with E-state index in [1.807, 2.05) is 30.3 Å². The molecular weight excluding hydrogens is 342 g/mol. The van der Waals surface area contributed by atoms with Crippen LogP contribution >= 0.6 is 27.3 Å². The highest BCUT2D eigenvalue weighted by Gasteiger charge is 2.14. The third-order valence-electron chi connectivity index (χ3n) is 2.62. The van der Waals surface area contributed by atoms with Gasteiger partial charge in [0.1, 0.15) is 5.69 Å². The molecule has 0 aliphatic rings. The Bertz CT molecular complexity index is 767. The maximum absolute atomic E-state index is 10.8. The van der Waals surface area contributed by atoms with Crippen molar-refractivity contribution in [3.05, 3.63) is 52.1 Å². The van der Waals surface area contributed by atoms with E-state index >= 15 is 0 Å². The molecule has 0 aliphatic heterocycles. The number of aromatic nitrogens is 3. The summed E-state index contributed by atoms with van der Waals surface area (Å²) >= 11 is 4.70. The largest absolute Gasteiger partial charge is 0.476 e. The highest BCUT2D eigenvalue weighted by molar-refractivity contribution is 9.10. The van der Waals surface area contributed by atoms with E-state index in [0.29, 0.717) is 5.13 Å². The predicted molar refractivity (Wildman–Crippen MR) is 79.3 cm³/mol. The highest BCUT2D eigenvalue weighted by atomic mass is 79.9. The Balaban J connectivity index is 2.02. The number of halogens is 1. The second-order valence-electron chi connectivity index (χ2n) is 3.96. The molecule has 2 heterocycles. The van der Waals surface area contributed by atoms with Gasteiger partial charge in [-0.25, -0.2) is 14.5 Å². The minimum Gasteiger partial charge on any atom is -0.476 e. The van der Waals surface area contributed by atoms with E-state index in [4.69, 9.17) is 5.11 Å². The van der Waals surface area contributed by atoms with E-state index in [2.05, 4.69) is 26.0 Å². The maximum Gasteiger partial charge on any atom is 0.355 e. The number of nitrogens with zero attached hydrogens (tertiary/aromatic N) is 3.